The standard InChI is InChI=1S/C56H42/c1-3-38-15-6-7-20-46(54(38)44-34-33-39-16-4-5-17-41(39)35-44)42-18-12-19-43(36-42)55-50-21-8-10-23-52(50)56(53-24-11-9-22-51(53)55)49-28-14-26-47-45(25-13-27-48(47)49)40-31-29-37(2)30-32-40/h4-36,38H,3H2,1-2H3. The first-order valence-electron chi connectivity index (χ1n) is 19.9. The van der Waals surface area contributed by atoms with Crippen LogP contribution < -0.4 is 0 Å². The van der Waals surface area contributed by atoms with Crippen molar-refractivity contribution in [2.24, 2.45) is 5.92 Å². The fourth-order valence-corrected chi connectivity index (χ4v) is 9.14. The summed E-state index contributed by atoms with van der Waals surface area (Å²) in [7, 11) is 0. The Hall–Kier alpha value is -6.76. The molecule has 1 aliphatic rings. The van der Waals surface area contributed by atoms with Crippen molar-refractivity contribution in [1.82, 2.24) is 0 Å². The van der Waals surface area contributed by atoms with Crippen LogP contribution in [-0.2, 0) is 0 Å². The van der Waals surface area contributed by atoms with E-state index in [4.69, 9.17) is 0 Å². The van der Waals surface area contributed by atoms with Crippen LogP contribution in [0.1, 0.15) is 30.0 Å². The van der Waals surface area contributed by atoms with Gasteiger partial charge in [0.15, 0.2) is 0 Å². The predicted molar refractivity (Wildman–Crippen MR) is 243 cm³/mol. The molecule has 0 aromatic heterocycles. The van der Waals surface area contributed by atoms with Gasteiger partial charge < -0.3 is 0 Å². The molecule has 1 aliphatic carbocycles. The summed E-state index contributed by atoms with van der Waals surface area (Å²) >= 11 is 0. The topological polar surface area (TPSA) is 0 Å². The largest absolute Gasteiger partial charge is 0.0770 e. The third-order valence-electron chi connectivity index (χ3n) is 11.8. The molecule has 0 fully saturated rings. The maximum absolute atomic E-state index is 2.43. The molecule has 0 radical (unpaired) electrons. The van der Waals surface area contributed by atoms with Gasteiger partial charge in [-0.3, -0.25) is 0 Å². The number of hydrogen-bond acceptors (Lipinski definition) is 0. The van der Waals surface area contributed by atoms with E-state index < -0.39 is 0 Å². The quantitative estimate of drug-likeness (QED) is 0.150. The molecule has 0 saturated heterocycles. The molecule has 0 amide bonds. The second-order valence-corrected chi connectivity index (χ2v) is 15.1. The van der Waals surface area contributed by atoms with Crippen molar-refractivity contribution >= 4 is 54.2 Å². The highest BCUT2D eigenvalue weighted by Gasteiger charge is 2.22. The Morgan fingerprint density at radius 2 is 0.982 bits per heavy atom. The maximum atomic E-state index is 2.43. The SMILES string of the molecule is CCC1C=CC=CC(c2cccc(-c3c4ccccc4c(-c4cccc5c(-c6ccc(C)cc6)cccc45)c4ccccc34)c2)=C1c1ccc2ccccc2c1. The number of hydrogen-bond donors (Lipinski definition) is 0. The zero-order valence-corrected chi connectivity index (χ0v) is 31.8. The molecule has 1 atom stereocenters. The zero-order chi connectivity index (χ0) is 37.6. The lowest BCUT2D eigenvalue weighted by molar-refractivity contribution is 0.796. The van der Waals surface area contributed by atoms with E-state index in [1.807, 2.05) is 0 Å². The van der Waals surface area contributed by atoms with Crippen LogP contribution in [0.25, 0.3) is 87.6 Å². The summed E-state index contributed by atoms with van der Waals surface area (Å²) in [5.74, 6) is 0.304. The highest BCUT2D eigenvalue weighted by Crippen LogP contribution is 2.47. The second-order valence-electron chi connectivity index (χ2n) is 15.1. The molecule has 0 nitrogen and oxygen atoms in total. The lowest BCUT2D eigenvalue weighted by Gasteiger charge is -2.21. The molecular weight excluding hydrogens is 673 g/mol. The lowest BCUT2D eigenvalue weighted by atomic mass is 9.82. The van der Waals surface area contributed by atoms with Gasteiger partial charge in [0.1, 0.15) is 0 Å². The summed E-state index contributed by atoms with van der Waals surface area (Å²) in [6.07, 6.45) is 10.2. The van der Waals surface area contributed by atoms with Gasteiger partial charge in [0.25, 0.3) is 0 Å². The number of aryl methyl sites for hydroxylation is 1. The van der Waals surface area contributed by atoms with Crippen LogP contribution in [0.3, 0.4) is 0 Å². The molecule has 0 spiro atoms. The van der Waals surface area contributed by atoms with E-state index >= 15 is 0 Å². The normalized spacial score (nSPS) is 14.3. The average Bonchev–Trinajstić information content (AvgIpc) is 3.48. The fraction of sp³-hybridized carbons (Fsp3) is 0.0714. The van der Waals surface area contributed by atoms with Gasteiger partial charge >= 0.3 is 0 Å². The summed E-state index contributed by atoms with van der Waals surface area (Å²) in [6.45, 7) is 4.45. The molecule has 0 heterocycles. The lowest BCUT2D eigenvalue weighted by Crippen LogP contribution is -2.02. The summed E-state index contributed by atoms with van der Waals surface area (Å²) in [6, 6.07) is 65.5. The minimum atomic E-state index is 0.304. The van der Waals surface area contributed by atoms with E-state index in [1.165, 1.54) is 104 Å². The molecular formula is C56H42. The van der Waals surface area contributed by atoms with Gasteiger partial charge in [-0.2, -0.15) is 0 Å². The van der Waals surface area contributed by atoms with E-state index in [0.717, 1.165) is 6.42 Å². The van der Waals surface area contributed by atoms with Gasteiger partial charge in [0, 0.05) is 5.92 Å². The highest BCUT2D eigenvalue weighted by molar-refractivity contribution is 6.24. The van der Waals surface area contributed by atoms with Gasteiger partial charge in [-0.25, -0.2) is 0 Å². The van der Waals surface area contributed by atoms with E-state index in [1.54, 1.807) is 0 Å². The first kappa shape index (κ1) is 33.8. The van der Waals surface area contributed by atoms with Gasteiger partial charge in [0.05, 0.1) is 0 Å². The molecule has 9 aromatic rings. The van der Waals surface area contributed by atoms with Crippen molar-refractivity contribution in [2.75, 3.05) is 0 Å². The van der Waals surface area contributed by atoms with E-state index in [2.05, 4.69) is 214 Å². The third-order valence-corrected chi connectivity index (χ3v) is 11.8. The van der Waals surface area contributed by atoms with E-state index in [0.29, 0.717) is 5.92 Å². The molecule has 0 N–H and O–H groups in total. The first-order valence-corrected chi connectivity index (χ1v) is 19.9. The minimum absolute atomic E-state index is 0.304. The molecule has 0 aliphatic heterocycles. The Morgan fingerprint density at radius 1 is 0.411 bits per heavy atom. The Bertz CT molecular complexity index is 3000. The van der Waals surface area contributed by atoms with Crippen LogP contribution in [0.2, 0.25) is 0 Å². The van der Waals surface area contributed by atoms with Crippen LogP contribution in [0.4, 0.5) is 0 Å². The van der Waals surface area contributed by atoms with Crippen LogP contribution in [-0.4, -0.2) is 0 Å². The molecule has 0 heteroatoms. The molecule has 9 aromatic carbocycles. The Morgan fingerprint density at radius 3 is 1.70 bits per heavy atom. The second kappa shape index (κ2) is 14.1. The Kier molecular flexibility index (Phi) is 8.53. The van der Waals surface area contributed by atoms with Crippen LogP contribution >= 0.6 is 0 Å². The number of allylic oxidation sites excluding steroid dienone is 6. The molecule has 0 saturated carbocycles. The van der Waals surface area contributed by atoms with Crippen molar-refractivity contribution in [3.05, 3.63) is 217 Å². The van der Waals surface area contributed by atoms with Gasteiger partial charge in [-0.1, -0.05) is 201 Å². The monoisotopic (exact) mass is 714 g/mol. The third kappa shape index (κ3) is 5.78. The zero-order valence-electron chi connectivity index (χ0n) is 31.8. The molecule has 0 bridgehead atoms. The van der Waals surface area contributed by atoms with Crippen molar-refractivity contribution in [1.29, 1.82) is 0 Å². The minimum Gasteiger partial charge on any atom is -0.0770 e. The van der Waals surface area contributed by atoms with Crippen LogP contribution in [0.5, 0.6) is 0 Å². The predicted octanol–water partition coefficient (Wildman–Crippen LogP) is 15.7. The summed E-state index contributed by atoms with van der Waals surface area (Å²) in [5.41, 5.74) is 14.0. The molecule has 266 valence electrons. The van der Waals surface area contributed by atoms with E-state index in [9.17, 15) is 0 Å². The number of fused-ring (bicyclic) bond motifs is 4. The summed E-state index contributed by atoms with van der Waals surface area (Å²) in [4.78, 5) is 0. The smallest absolute Gasteiger partial charge is 0.00305 e. The number of rotatable bonds is 6. The summed E-state index contributed by atoms with van der Waals surface area (Å²) < 4.78 is 0. The molecule has 56 heavy (non-hydrogen) atoms. The average molecular weight is 715 g/mol. The maximum Gasteiger partial charge on any atom is 0.00305 e. The van der Waals surface area contributed by atoms with Crippen molar-refractivity contribution < 1.29 is 0 Å². The number of benzene rings is 9. The van der Waals surface area contributed by atoms with Crippen molar-refractivity contribution in [3.8, 4) is 33.4 Å². The fourth-order valence-electron chi connectivity index (χ4n) is 9.14. The van der Waals surface area contributed by atoms with E-state index in [-0.39, 0.29) is 0 Å². The Labute approximate surface area is 329 Å². The summed E-state index contributed by atoms with van der Waals surface area (Å²) in [5, 5.41) is 10.1. The van der Waals surface area contributed by atoms with Crippen molar-refractivity contribution in [3.63, 3.8) is 0 Å². The molecule has 1 unspecified atom stereocenters. The van der Waals surface area contributed by atoms with Gasteiger partial charge in [-0.05, 0) is 124 Å². The molecule has 10 rings (SSSR count). The first-order chi connectivity index (χ1) is 27.7. The van der Waals surface area contributed by atoms with Crippen molar-refractivity contribution in [2.45, 2.75) is 20.3 Å². The highest BCUT2D eigenvalue weighted by atomic mass is 14.3. The van der Waals surface area contributed by atoms with Gasteiger partial charge in [-0.15, -0.1) is 0 Å². The van der Waals surface area contributed by atoms with Crippen LogP contribution in [0, 0.1) is 12.8 Å². The van der Waals surface area contributed by atoms with Crippen LogP contribution in [0.15, 0.2) is 200 Å². The van der Waals surface area contributed by atoms with Gasteiger partial charge in [0.2, 0.25) is 0 Å². The Balaban J connectivity index is 1.20.